The number of esters is 3. The average Bonchev–Trinajstić information content (AvgIpc) is 3.89. The molecule has 1 aliphatic carbocycles. The lowest BCUT2D eigenvalue weighted by Gasteiger charge is -2.63. The van der Waals surface area contributed by atoms with Crippen molar-refractivity contribution in [2.24, 2.45) is 11.3 Å². The summed E-state index contributed by atoms with van der Waals surface area (Å²) in [5.74, 6) is -1.50. The summed E-state index contributed by atoms with van der Waals surface area (Å²) in [6.07, 6.45) is 8.09. The molecular weight excluding hydrogens is 747 g/mol. The predicted octanol–water partition coefficient (Wildman–Crippen LogP) is 4.39. The molecule has 0 unspecified atom stereocenters. The number of nitrogens with one attached hydrogen (secondary N) is 1. The number of nitrogens with zero attached hydrogens (tertiary/aromatic N) is 3. The maximum Gasteiger partial charge on any atom is 0.344 e. The number of hydrogen-bond acceptors (Lipinski definition) is 10. The molecule has 6 aliphatic rings. The van der Waals surface area contributed by atoms with Crippen LogP contribution in [-0.4, -0.2) is 130 Å². The number of aliphatic hydroxyl groups is 1. The summed E-state index contributed by atoms with van der Waals surface area (Å²) in [6, 6.07) is 11.0. The van der Waals surface area contributed by atoms with E-state index in [-0.39, 0.29) is 12.0 Å². The number of rotatable bonds is 7. The summed E-state index contributed by atoms with van der Waals surface area (Å²) >= 11 is 0. The Labute approximate surface area is 347 Å². The number of benzene rings is 2. The molecule has 1 saturated heterocycles. The zero-order chi connectivity index (χ0) is 41.9. The van der Waals surface area contributed by atoms with Gasteiger partial charge in [0.1, 0.15) is 11.2 Å². The minimum absolute atomic E-state index is 0.0894. The molecule has 59 heavy (non-hydrogen) atoms. The van der Waals surface area contributed by atoms with Crippen LogP contribution in [0, 0.1) is 11.3 Å². The molecule has 9 rings (SSSR count). The third-order valence-electron chi connectivity index (χ3n) is 15.4. The molecule has 6 heterocycles. The van der Waals surface area contributed by atoms with Gasteiger partial charge in [0.15, 0.2) is 6.10 Å². The smallest absolute Gasteiger partial charge is 0.344 e. The number of para-hydroxylation sites is 1. The van der Waals surface area contributed by atoms with E-state index in [1.54, 1.807) is 7.11 Å². The van der Waals surface area contributed by atoms with Gasteiger partial charge in [-0.05, 0) is 61.1 Å². The molecule has 13 heteroatoms. The summed E-state index contributed by atoms with van der Waals surface area (Å²) in [4.78, 5) is 50.9. The lowest BCUT2D eigenvalue weighted by Crippen LogP contribution is -2.81. The van der Waals surface area contributed by atoms with Crippen LogP contribution >= 0.6 is 0 Å². The third kappa shape index (κ3) is 5.16. The molecule has 1 aromatic heterocycles. The van der Waals surface area contributed by atoms with Gasteiger partial charge >= 0.3 is 17.9 Å². The number of methoxy groups -OCH3 is 3. The first kappa shape index (κ1) is 39.9. The molecule has 2 fully saturated rings. The average molecular weight is 804 g/mol. The highest BCUT2D eigenvalue weighted by atomic mass is 16.6. The second kappa shape index (κ2) is 13.7. The van der Waals surface area contributed by atoms with Crippen LogP contribution in [0.4, 0.5) is 5.69 Å². The van der Waals surface area contributed by atoms with Gasteiger partial charge in [0, 0.05) is 96.7 Å². The number of aromatic amines is 1. The van der Waals surface area contributed by atoms with Gasteiger partial charge in [-0.15, -0.1) is 0 Å². The molecular formula is C46H56BN4O8. The maximum atomic E-state index is 15.3. The summed E-state index contributed by atoms with van der Waals surface area (Å²) < 4.78 is 24.4. The first-order valence-corrected chi connectivity index (χ1v) is 21.1. The van der Waals surface area contributed by atoms with Crippen molar-refractivity contribution in [2.75, 3.05) is 66.0 Å². The molecule has 0 amide bonds. The predicted molar refractivity (Wildman–Crippen MR) is 223 cm³/mol. The van der Waals surface area contributed by atoms with Crippen molar-refractivity contribution < 1.29 is 42.8 Å². The number of quaternary nitrogens is 1. The second-order valence-electron chi connectivity index (χ2n) is 18.0. The fraction of sp³-hybridized carbons (Fsp3) is 0.543. The Morgan fingerprint density at radius 1 is 1.05 bits per heavy atom. The van der Waals surface area contributed by atoms with E-state index in [1.807, 2.05) is 43.1 Å². The van der Waals surface area contributed by atoms with Crippen LogP contribution in [0.5, 0.6) is 5.75 Å². The van der Waals surface area contributed by atoms with Crippen molar-refractivity contribution in [2.45, 2.75) is 87.5 Å². The van der Waals surface area contributed by atoms with E-state index < -0.39 is 51.9 Å². The minimum atomic E-state index is -2.29. The topological polar surface area (TPSA) is 131 Å². The molecule has 5 aliphatic heterocycles. The van der Waals surface area contributed by atoms with E-state index in [0.717, 1.165) is 46.4 Å². The van der Waals surface area contributed by atoms with Gasteiger partial charge in [0.2, 0.25) is 5.60 Å². The zero-order valence-corrected chi connectivity index (χ0v) is 35.3. The van der Waals surface area contributed by atoms with Gasteiger partial charge < -0.3 is 38.3 Å². The van der Waals surface area contributed by atoms with E-state index in [4.69, 9.17) is 26.9 Å². The first-order chi connectivity index (χ1) is 28.2. The summed E-state index contributed by atoms with van der Waals surface area (Å²) in [7, 11) is 13.5. The number of fused-ring (bicyclic) bond motifs is 6. The van der Waals surface area contributed by atoms with E-state index in [9.17, 15) is 14.7 Å². The molecule has 1 spiro atoms. The van der Waals surface area contributed by atoms with Crippen molar-refractivity contribution in [1.82, 2.24) is 9.88 Å². The number of hydrogen-bond donors (Lipinski definition) is 2. The van der Waals surface area contributed by atoms with E-state index in [2.05, 4.69) is 47.2 Å². The van der Waals surface area contributed by atoms with Crippen LogP contribution < -0.4 is 9.64 Å². The van der Waals surface area contributed by atoms with Crippen molar-refractivity contribution in [1.29, 1.82) is 0 Å². The molecule has 3 radical (unpaired) electrons. The highest BCUT2D eigenvalue weighted by Crippen LogP contribution is 2.68. The Bertz CT molecular complexity index is 2330. The second-order valence-corrected chi connectivity index (χ2v) is 18.0. The Morgan fingerprint density at radius 3 is 2.51 bits per heavy atom. The van der Waals surface area contributed by atoms with Crippen LogP contribution in [-0.2, 0) is 45.8 Å². The van der Waals surface area contributed by atoms with Crippen molar-refractivity contribution in [3.05, 3.63) is 82.6 Å². The minimum Gasteiger partial charge on any atom is -0.584 e. The Kier molecular flexibility index (Phi) is 9.27. The van der Waals surface area contributed by atoms with Crippen LogP contribution in [0.2, 0.25) is 0 Å². The lowest BCUT2D eigenvalue weighted by molar-refractivity contribution is -0.817. The van der Waals surface area contributed by atoms with Gasteiger partial charge in [-0.1, -0.05) is 50.3 Å². The van der Waals surface area contributed by atoms with Crippen molar-refractivity contribution in [3.8, 4) is 5.75 Å². The Hall–Kier alpha value is -4.59. The summed E-state index contributed by atoms with van der Waals surface area (Å²) in [6.45, 7) is 8.91. The normalized spacial score (nSPS) is 35.6. The lowest BCUT2D eigenvalue weighted by atomic mass is 9.47. The fourth-order valence-electron chi connectivity index (χ4n) is 13.4. The quantitative estimate of drug-likeness (QED) is 0.154. The number of likely N-dealkylation sites (N-methyl/N-ethyl adjacent to an activating group) is 1. The van der Waals surface area contributed by atoms with Gasteiger partial charge in [-0.25, -0.2) is 12.8 Å². The molecule has 9 atom stereocenters. The van der Waals surface area contributed by atoms with Gasteiger partial charge in [-0.3, -0.25) is 14.5 Å². The molecule has 3 aromatic rings. The fourth-order valence-corrected chi connectivity index (χ4v) is 13.4. The Morgan fingerprint density at radius 2 is 1.81 bits per heavy atom. The molecule has 2 bridgehead atoms. The van der Waals surface area contributed by atoms with Crippen molar-refractivity contribution >= 4 is 42.5 Å². The maximum absolute atomic E-state index is 15.3. The van der Waals surface area contributed by atoms with Gasteiger partial charge in [-0.2, -0.15) is 0 Å². The standard InChI is InChI=1S/C46H56BN4O8/c1-8-28-21-29-24-45(41(53)57-6,37-31(15-20-51(47,25-28)26-29)30-13-10-11-14-34(30)48-37)33-22-32-35(23-36(33)56-5)49(4)39-44(32)17-19-50-18-12-16-43(9-2,38(44)50)40(59-27(3)52)46(39,55)42(54)58-7/h10-14,16,21-23,29,38-40,48,55H,8-9,15,17-20,24-26H2,1-7H3/t29-,38-,39+,40+,43+,44+,45-,46-,51+/m0/s1. The molecule has 12 nitrogen and oxygen atoms in total. The number of aromatic nitrogens is 1. The third-order valence-corrected chi connectivity index (χ3v) is 15.4. The van der Waals surface area contributed by atoms with E-state index in [0.29, 0.717) is 67.6 Å². The number of carbonyl (C=O) groups excluding carboxylic acids is 3. The number of ether oxygens (including phenoxy) is 4. The largest absolute Gasteiger partial charge is 0.584 e. The van der Waals surface area contributed by atoms with Crippen LogP contribution in [0.1, 0.15) is 68.8 Å². The van der Waals surface area contributed by atoms with Crippen LogP contribution in [0.25, 0.3) is 10.9 Å². The molecule has 311 valence electrons. The monoisotopic (exact) mass is 803 g/mol. The van der Waals surface area contributed by atoms with Crippen LogP contribution in [0.15, 0.2) is 60.2 Å². The summed E-state index contributed by atoms with van der Waals surface area (Å²) in [5.41, 5.74) is 0.693. The molecule has 1 saturated carbocycles. The Balaban J connectivity index is 1.38. The van der Waals surface area contributed by atoms with Gasteiger partial charge in [0.05, 0.1) is 33.9 Å². The van der Waals surface area contributed by atoms with E-state index in [1.165, 1.54) is 26.7 Å². The van der Waals surface area contributed by atoms with Crippen LogP contribution in [0.3, 0.4) is 0 Å². The number of anilines is 1. The van der Waals surface area contributed by atoms with Gasteiger partial charge in [0.25, 0.3) is 0 Å². The SMILES string of the molecule is [B-][N@+]12CCc3c([nH]c4ccccc34)[C@@](C(=O)OC)(c3cc4c(cc3OC)N(C)[C@H]3[C@@](O)(C(=O)OC)[C@H](OC(C)=O)[C@]5(CC)C=CCN6CC[C@]43[C@@H]65)C[C@H](C=C(CC)C1)C2. The number of H-pyrrole nitrogens is 1. The highest BCUT2D eigenvalue weighted by Gasteiger charge is 2.80. The first-order valence-electron chi connectivity index (χ1n) is 21.1. The summed E-state index contributed by atoms with van der Waals surface area (Å²) in [5, 5.41) is 14.4. The number of carbonyl (C=O) groups is 3. The molecule has 2 aromatic carbocycles. The highest BCUT2D eigenvalue weighted by molar-refractivity contribution is 5.98. The van der Waals surface area contributed by atoms with Crippen molar-refractivity contribution in [3.63, 3.8) is 0 Å². The molecule has 2 N–H and O–H groups in total. The zero-order valence-electron chi connectivity index (χ0n) is 35.3. The van der Waals surface area contributed by atoms with E-state index >= 15 is 4.79 Å².